The summed E-state index contributed by atoms with van der Waals surface area (Å²) >= 11 is 0. The van der Waals surface area contributed by atoms with Crippen molar-refractivity contribution in [3.63, 3.8) is 0 Å². The molecule has 0 radical (unpaired) electrons. The van der Waals surface area contributed by atoms with Crippen LogP contribution in [0.2, 0.25) is 0 Å². The third-order valence-corrected chi connectivity index (χ3v) is 1.13. The van der Waals surface area contributed by atoms with E-state index < -0.39 is 11.9 Å². The van der Waals surface area contributed by atoms with Crippen LogP contribution in [0.15, 0.2) is 12.2 Å². The van der Waals surface area contributed by atoms with Crippen LogP contribution in [0.5, 0.6) is 0 Å². The first-order chi connectivity index (χ1) is 5.18. The molecule has 5 heteroatoms. The van der Waals surface area contributed by atoms with E-state index in [2.05, 4.69) is 4.74 Å². The maximum Gasteiger partial charge on any atom is 2.00 e. The van der Waals surface area contributed by atoms with Gasteiger partial charge in [0.1, 0.15) is 12.7 Å². The van der Waals surface area contributed by atoms with Gasteiger partial charge in [-0.05, 0) is 6.92 Å². The maximum atomic E-state index is 10.7. The SMILES string of the molecule is CC1COC(=O)/C=C\C(=O)O1.[Ca+2].[H-].[H-]. The van der Waals surface area contributed by atoms with Crippen LogP contribution in [0.4, 0.5) is 0 Å². The van der Waals surface area contributed by atoms with Crippen LogP contribution < -0.4 is 0 Å². The van der Waals surface area contributed by atoms with Gasteiger partial charge in [-0.3, -0.25) is 0 Å². The summed E-state index contributed by atoms with van der Waals surface area (Å²) in [6, 6.07) is 0. The van der Waals surface area contributed by atoms with Gasteiger partial charge >= 0.3 is 49.7 Å². The molecule has 0 fully saturated rings. The molecule has 0 N–H and O–H groups in total. The molecule has 1 atom stereocenters. The Morgan fingerprint density at radius 3 is 2.67 bits per heavy atom. The number of esters is 2. The summed E-state index contributed by atoms with van der Waals surface area (Å²) < 4.78 is 9.38. The van der Waals surface area contributed by atoms with E-state index in [1.54, 1.807) is 6.92 Å². The molecular weight excluding hydrogens is 188 g/mol. The van der Waals surface area contributed by atoms with Crippen molar-refractivity contribution in [2.45, 2.75) is 13.0 Å². The van der Waals surface area contributed by atoms with Crippen LogP contribution in [-0.4, -0.2) is 62.4 Å². The molecule has 0 amide bonds. The number of hydrogen-bond acceptors (Lipinski definition) is 4. The van der Waals surface area contributed by atoms with Crippen molar-refractivity contribution in [1.82, 2.24) is 0 Å². The van der Waals surface area contributed by atoms with Gasteiger partial charge in [-0.1, -0.05) is 0 Å². The second kappa shape index (κ2) is 5.56. The van der Waals surface area contributed by atoms with Crippen LogP contribution in [-0.2, 0) is 19.1 Å². The van der Waals surface area contributed by atoms with Crippen molar-refractivity contribution in [3.8, 4) is 0 Å². The van der Waals surface area contributed by atoms with E-state index in [0.717, 1.165) is 12.2 Å². The Hall–Kier alpha value is -0.0603. The molecule has 0 aromatic heterocycles. The van der Waals surface area contributed by atoms with Gasteiger partial charge in [-0.25, -0.2) is 9.59 Å². The van der Waals surface area contributed by atoms with Crippen molar-refractivity contribution in [2.24, 2.45) is 0 Å². The molecule has 1 aliphatic heterocycles. The molecule has 64 valence electrons. The fourth-order valence-electron chi connectivity index (χ4n) is 0.655. The van der Waals surface area contributed by atoms with E-state index >= 15 is 0 Å². The van der Waals surface area contributed by atoms with Crippen LogP contribution in [0.25, 0.3) is 0 Å². The number of cyclic esters (lactones) is 2. The Bertz CT molecular complexity index is 220. The molecule has 1 rings (SSSR count). The topological polar surface area (TPSA) is 52.6 Å². The van der Waals surface area contributed by atoms with Gasteiger partial charge in [-0.15, -0.1) is 0 Å². The minimum atomic E-state index is -0.506. The van der Waals surface area contributed by atoms with Crippen LogP contribution in [0.1, 0.15) is 9.78 Å². The molecule has 4 nitrogen and oxygen atoms in total. The van der Waals surface area contributed by atoms with Crippen LogP contribution in [0.3, 0.4) is 0 Å². The molecule has 1 heterocycles. The van der Waals surface area contributed by atoms with Crippen LogP contribution >= 0.6 is 0 Å². The van der Waals surface area contributed by atoms with Crippen molar-refractivity contribution in [2.75, 3.05) is 6.61 Å². The smallest absolute Gasteiger partial charge is 1.00 e. The van der Waals surface area contributed by atoms with E-state index in [1.807, 2.05) is 0 Å². The number of ether oxygens (including phenoxy) is 2. The van der Waals surface area contributed by atoms with Crippen molar-refractivity contribution < 1.29 is 21.9 Å². The Balaban J connectivity index is -0.000000403. The maximum absolute atomic E-state index is 10.7. The molecule has 0 saturated heterocycles. The van der Waals surface area contributed by atoms with Crippen molar-refractivity contribution in [1.29, 1.82) is 0 Å². The molecule has 0 aromatic rings. The van der Waals surface area contributed by atoms with E-state index in [0.29, 0.717) is 0 Å². The summed E-state index contributed by atoms with van der Waals surface area (Å²) in [6.07, 6.45) is 1.74. The van der Waals surface area contributed by atoms with E-state index in [4.69, 9.17) is 4.74 Å². The van der Waals surface area contributed by atoms with Crippen LogP contribution in [0, 0.1) is 0 Å². The summed E-state index contributed by atoms with van der Waals surface area (Å²) in [6.45, 7) is 1.78. The summed E-state index contributed by atoms with van der Waals surface area (Å²) in [5.74, 6) is -1.01. The van der Waals surface area contributed by atoms with Crippen molar-refractivity contribution >= 4 is 49.7 Å². The summed E-state index contributed by atoms with van der Waals surface area (Å²) in [5, 5.41) is 0. The fourth-order valence-corrected chi connectivity index (χ4v) is 0.655. The quantitative estimate of drug-likeness (QED) is 0.402. The average Bonchev–Trinajstić information content (AvgIpc) is 1.95. The first-order valence-corrected chi connectivity index (χ1v) is 3.24. The van der Waals surface area contributed by atoms with Crippen molar-refractivity contribution in [3.05, 3.63) is 12.2 Å². The Morgan fingerprint density at radius 2 is 2.00 bits per heavy atom. The molecule has 0 saturated carbocycles. The molecule has 0 bridgehead atoms. The molecule has 0 aromatic carbocycles. The Kier molecular flexibility index (Phi) is 5.53. The van der Waals surface area contributed by atoms with Gasteiger partial charge in [0.25, 0.3) is 0 Å². The third kappa shape index (κ3) is 4.09. The standard InChI is InChI=1S/C7H8O4.Ca.2H/c1-5-4-10-6(8)2-3-7(9)11-5;;;/h2-3,5H,4H2,1H3;;;/q;+2;2*-1/b3-2-;;;. The Morgan fingerprint density at radius 1 is 1.42 bits per heavy atom. The van der Waals surface area contributed by atoms with Gasteiger partial charge in [-0.2, -0.15) is 0 Å². The summed E-state index contributed by atoms with van der Waals surface area (Å²) in [7, 11) is 0. The molecular formula is C7H10CaO4. The summed E-state index contributed by atoms with van der Waals surface area (Å²) in [5.41, 5.74) is 0. The van der Waals surface area contributed by atoms with Gasteiger partial charge in [0, 0.05) is 12.2 Å². The molecule has 0 aliphatic carbocycles. The van der Waals surface area contributed by atoms with E-state index in [9.17, 15) is 9.59 Å². The normalized spacial score (nSPS) is 25.6. The number of rotatable bonds is 0. The minimum Gasteiger partial charge on any atom is -1.00 e. The zero-order valence-electron chi connectivity index (χ0n) is 8.78. The number of hydrogen-bond donors (Lipinski definition) is 0. The van der Waals surface area contributed by atoms with E-state index in [-0.39, 0.29) is 53.3 Å². The third-order valence-electron chi connectivity index (χ3n) is 1.13. The average molecular weight is 198 g/mol. The molecule has 1 aliphatic rings. The molecule has 12 heavy (non-hydrogen) atoms. The summed E-state index contributed by atoms with van der Waals surface area (Å²) in [4.78, 5) is 21.3. The predicted molar refractivity (Wildman–Crippen MR) is 43.6 cm³/mol. The predicted octanol–water partition coefficient (Wildman–Crippen LogP) is -0.125. The van der Waals surface area contributed by atoms with E-state index in [1.165, 1.54) is 0 Å². The first kappa shape index (κ1) is 11.9. The minimum absolute atomic E-state index is 0. The molecule has 0 spiro atoms. The van der Waals surface area contributed by atoms with Gasteiger partial charge < -0.3 is 12.3 Å². The second-order valence-corrected chi connectivity index (χ2v) is 2.21. The van der Waals surface area contributed by atoms with Gasteiger partial charge in [0.05, 0.1) is 0 Å². The Labute approximate surface area is 103 Å². The zero-order valence-corrected chi connectivity index (χ0v) is 8.99. The number of carbonyl (C=O) groups excluding carboxylic acids is 2. The largest absolute Gasteiger partial charge is 2.00 e. The molecule has 1 unspecified atom stereocenters. The zero-order chi connectivity index (χ0) is 8.27. The van der Waals surface area contributed by atoms with Gasteiger partial charge in [0.15, 0.2) is 0 Å². The fraction of sp³-hybridized carbons (Fsp3) is 0.429. The first-order valence-electron chi connectivity index (χ1n) is 3.24. The number of carbonyl (C=O) groups is 2. The second-order valence-electron chi connectivity index (χ2n) is 2.21. The monoisotopic (exact) mass is 198 g/mol. The van der Waals surface area contributed by atoms with Gasteiger partial charge in [0.2, 0.25) is 0 Å².